The van der Waals surface area contributed by atoms with Gasteiger partial charge >= 0.3 is 0 Å². The first-order valence-corrected chi connectivity index (χ1v) is 8.41. The van der Waals surface area contributed by atoms with E-state index in [9.17, 15) is 9.59 Å². The van der Waals surface area contributed by atoms with Crippen LogP contribution in [0.3, 0.4) is 0 Å². The van der Waals surface area contributed by atoms with Crippen LogP contribution >= 0.6 is 0 Å². The molecule has 3 rings (SSSR count). The largest absolute Gasteiger partial charge is 0.368 e. The molecule has 1 aliphatic rings. The van der Waals surface area contributed by atoms with E-state index in [-0.39, 0.29) is 5.91 Å². The molecule has 2 N–H and O–H groups in total. The van der Waals surface area contributed by atoms with Gasteiger partial charge in [-0.15, -0.1) is 0 Å². The molecule has 0 spiro atoms. The van der Waals surface area contributed by atoms with E-state index < -0.39 is 11.9 Å². The van der Waals surface area contributed by atoms with E-state index in [4.69, 9.17) is 5.73 Å². The number of amides is 2. The Morgan fingerprint density at radius 2 is 1.96 bits per heavy atom. The number of nitrogens with zero attached hydrogens (tertiary/aromatic N) is 4. The molecule has 1 aliphatic heterocycles. The number of nitrogens with two attached hydrogens (primary N) is 1. The highest BCUT2D eigenvalue weighted by Gasteiger charge is 2.33. The summed E-state index contributed by atoms with van der Waals surface area (Å²) < 4.78 is 1.59. The molecular formula is C18H23N5O2. The van der Waals surface area contributed by atoms with Gasteiger partial charge in [0.15, 0.2) is 0 Å². The zero-order valence-electron chi connectivity index (χ0n) is 14.3. The molecular weight excluding hydrogens is 318 g/mol. The predicted octanol–water partition coefficient (Wildman–Crippen LogP) is 0.275. The van der Waals surface area contributed by atoms with Crippen molar-refractivity contribution in [3.63, 3.8) is 0 Å². The Morgan fingerprint density at radius 3 is 2.60 bits per heavy atom. The molecule has 2 amide bonds. The molecule has 7 nitrogen and oxygen atoms in total. The Balaban J connectivity index is 1.64. The minimum absolute atomic E-state index is 0.158. The van der Waals surface area contributed by atoms with Crippen molar-refractivity contribution in [2.24, 2.45) is 12.8 Å². The highest BCUT2D eigenvalue weighted by Crippen LogP contribution is 2.14. The standard InChI is InChI=1S/C18H23N5O2/c1-21-9-8-15(20-21)18(25)23-12-11-22(16(13-23)17(19)24)10-7-14-5-3-2-4-6-14/h2-6,8-9,16H,7,10-13H2,1H3,(H2,19,24)/t16-/m1/s1. The molecule has 25 heavy (non-hydrogen) atoms. The van der Waals surface area contributed by atoms with E-state index in [0.717, 1.165) is 13.0 Å². The molecule has 0 aliphatic carbocycles. The first-order valence-electron chi connectivity index (χ1n) is 8.41. The van der Waals surface area contributed by atoms with Crippen LogP contribution in [0.5, 0.6) is 0 Å². The van der Waals surface area contributed by atoms with E-state index in [1.807, 2.05) is 18.2 Å². The number of aryl methyl sites for hydroxylation is 1. The van der Waals surface area contributed by atoms with Gasteiger partial charge in [-0.05, 0) is 18.1 Å². The molecule has 0 radical (unpaired) electrons. The Bertz CT molecular complexity index is 743. The van der Waals surface area contributed by atoms with Crippen LogP contribution in [0.4, 0.5) is 0 Å². The molecule has 1 aromatic carbocycles. The third kappa shape index (κ3) is 4.06. The maximum Gasteiger partial charge on any atom is 0.274 e. The SMILES string of the molecule is Cn1ccc(C(=O)N2CCN(CCc3ccccc3)[C@@H](C(N)=O)C2)n1. The van der Waals surface area contributed by atoms with E-state index in [0.29, 0.717) is 25.3 Å². The lowest BCUT2D eigenvalue weighted by molar-refractivity contribution is -0.125. The summed E-state index contributed by atoms with van der Waals surface area (Å²) in [5, 5.41) is 4.15. The highest BCUT2D eigenvalue weighted by atomic mass is 16.2. The van der Waals surface area contributed by atoms with Crippen LogP contribution in [0.25, 0.3) is 0 Å². The predicted molar refractivity (Wildman–Crippen MR) is 93.8 cm³/mol. The number of hydrogen-bond donors (Lipinski definition) is 1. The van der Waals surface area contributed by atoms with Crippen molar-refractivity contribution in [3.8, 4) is 0 Å². The lowest BCUT2D eigenvalue weighted by Crippen LogP contribution is -2.59. The van der Waals surface area contributed by atoms with Crippen molar-refractivity contribution in [2.75, 3.05) is 26.2 Å². The summed E-state index contributed by atoms with van der Waals surface area (Å²) in [5.74, 6) is -0.554. The number of aromatic nitrogens is 2. The van der Waals surface area contributed by atoms with Crippen LogP contribution in [0.15, 0.2) is 42.6 Å². The Hall–Kier alpha value is -2.67. The number of benzene rings is 1. The first-order chi connectivity index (χ1) is 12.0. The van der Waals surface area contributed by atoms with Gasteiger partial charge in [-0.2, -0.15) is 5.10 Å². The van der Waals surface area contributed by atoms with E-state index >= 15 is 0 Å². The van der Waals surface area contributed by atoms with Crippen LogP contribution < -0.4 is 5.73 Å². The van der Waals surface area contributed by atoms with Gasteiger partial charge in [0.1, 0.15) is 11.7 Å². The molecule has 1 atom stereocenters. The first kappa shape index (κ1) is 17.2. The molecule has 0 bridgehead atoms. The van der Waals surface area contributed by atoms with Gasteiger partial charge < -0.3 is 10.6 Å². The van der Waals surface area contributed by atoms with Crippen LogP contribution in [0, 0.1) is 0 Å². The summed E-state index contributed by atoms with van der Waals surface area (Å²) >= 11 is 0. The number of hydrogen-bond acceptors (Lipinski definition) is 4. The molecule has 132 valence electrons. The maximum atomic E-state index is 12.5. The summed E-state index contributed by atoms with van der Waals surface area (Å²) in [5.41, 5.74) is 7.21. The summed E-state index contributed by atoms with van der Waals surface area (Å²) in [6, 6.07) is 11.3. The molecule has 2 heterocycles. The minimum Gasteiger partial charge on any atom is -0.368 e. The molecule has 1 aromatic heterocycles. The number of primary amides is 1. The lowest BCUT2D eigenvalue weighted by atomic mass is 10.1. The average molecular weight is 341 g/mol. The number of rotatable bonds is 5. The van der Waals surface area contributed by atoms with Crippen molar-refractivity contribution in [2.45, 2.75) is 12.5 Å². The van der Waals surface area contributed by atoms with Gasteiger partial charge in [-0.3, -0.25) is 19.2 Å². The van der Waals surface area contributed by atoms with Crippen molar-refractivity contribution < 1.29 is 9.59 Å². The van der Waals surface area contributed by atoms with Crippen molar-refractivity contribution in [1.82, 2.24) is 19.6 Å². The van der Waals surface area contributed by atoms with Crippen LogP contribution in [0.1, 0.15) is 16.1 Å². The Morgan fingerprint density at radius 1 is 1.20 bits per heavy atom. The average Bonchev–Trinajstić information content (AvgIpc) is 3.06. The molecule has 7 heteroatoms. The van der Waals surface area contributed by atoms with Gasteiger partial charge in [0.2, 0.25) is 5.91 Å². The van der Waals surface area contributed by atoms with E-state index in [2.05, 4.69) is 22.1 Å². The lowest BCUT2D eigenvalue weighted by Gasteiger charge is -2.39. The van der Waals surface area contributed by atoms with Crippen molar-refractivity contribution >= 4 is 11.8 Å². The fourth-order valence-corrected chi connectivity index (χ4v) is 3.15. The fourth-order valence-electron chi connectivity index (χ4n) is 3.15. The van der Waals surface area contributed by atoms with Gasteiger partial charge in [-0.1, -0.05) is 30.3 Å². The third-order valence-corrected chi connectivity index (χ3v) is 4.57. The zero-order valence-corrected chi connectivity index (χ0v) is 14.3. The topological polar surface area (TPSA) is 84.5 Å². The summed E-state index contributed by atoms with van der Waals surface area (Å²) in [7, 11) is 1.77. The van der Waals surface area contributed by atoms with Crippen molar-refractivity contribution in [3.05, 3.63) is 53.9 Å². The second kappa shape index (κ2) is 7.48. The maximum absolute atomic E-state index is 12.5. The van der Waals surface area contributed by atoms with Crippen LogP contribution in [-0.4, -0.2) is 63.6 Å². The van der Waals surface area contributed by atoms with Crippen LogP contribution in [0.2, 0.25) is 0 Å². The normalized spacial score (nSPS) is 18.3. The Labute approximate surface area is 147 Å². The zero-order chi connectivity index (χ0) is 17.8. The van der Waals surface area contributed by atoms with E-state index in [1.54, 1.807) is 28.9 Å². The highest BCUT2D eigenvalue weighted by molar-refractivity contribution is 5.93. The summed E-state index contributed by atoms with van der Waals surface area (Å²) in [6.07, 6.45) is 2.58. The number of carbonyl (C=O) groups excluding carboxylic acids is 2. The van der Waals surface area contributed by atoms with Gasteiger partial charge in [-0.25, -0.2) is 0 Å². The summed E-state index contributed by atoms with van der Waals surface area (Å²) in [6.45, 7) is 2.23. The number of carbonyl (C=O) groups is 2. The minimum atomic E-state index is -0.467. The molecule has 0 saturated carbocycles. The molecule has 1 saturated heterocycles. The molecule has 2 aromatic rings. The van der Waals surface area contributed by atoms with Gasteiger partial charge in [0.25, 0.3) is 5.91 Å². The smallest absolute Gasteiger partial charge is 0.274 e. The second-order valence-corrected chi connectivity index (χ2v) is 6.32. The monoisotopic (exact) mass is 341 g/mol. The van der Waals surface area contributed by atoms with Crippen molar-refractivity contribution in [1.29, 1.82) is 0 Å². The Kier molecular flexibility index (Phi) is 5.14. The number of piperazine rings is 1. The summed E-state index contributed by atoms with van der Waals surface area (Å²) in [4.78, 5) is 28.2. The molecule has 1 fully saturated rings. The third-order valence-electron chi connectivity index (χ3n) is 4.57. The van der Waals surface area contributed by atoms with Gasteiger partial charge in [0.05, 0.1) is 0 Å². The van der Waals surface area contributed by atoms with Gasteiger partial charge in [0, 0.05) is 39.4 Å². The van der Waals surface area contributed by atoms with Crippen LogP contribution in [-0.2, 0) is 18.3 Å². The molecule has 0 unspecified atom stereocenters. The second-order valence-electron chi connectivity index (χ2n) is 6.32. The van der Waals surface area contributed by atoms with E-state index in [1.165, 1.54) is 5.56 Å². The fraction of sp³-hybridized carbons (Fsp3) is 0.389. The quantitative estimate of drug-likeness (QED) is 0.846.